The topological polar surface area (TPSA) is 46.6 Å². The first-order valence-electron chi connectivity index (χ1n) is 7.38. The number of carbonyl (C=O) groups excluding carboxylic acids is 2. The third-order valence-electron chi connectivity index (χ3n) is 3.91. The van der Waals surface area contributed by atoms with E-state index in [-0.39, 0.29) is 12.3 Å². The molecule has 2 aromatic carbocycles. The average Bonchev–Trinajstić information content (AvgIpc) is 2.92. The number of aryl methyl sites for hydroxylation is 1. The monoisotopic (exact) mass is 329 g/mol. The molecule has 0 saturated carbocycles. The molecule has 0 radical (unpaired) electrons. The minimum Gasteiger partial charge on any atom is -0.425 e. The summed E-state index contributed by atoms with van der Waals surface area (Å²) in [5.41, 5.74) is 1.84. The van der Waals surface area contributed by atoms with Crippen LogP contribution in [-0.4, -0.2) is 18.4 Å². The van der Waals surface area contributed by atoms with Crippen LogP contribution in [0.1, 0.15) is 12.0 Å². The van der Waals surface area contributed by atoms with Crippen LogP contribution in [0.2, 0.25) is 5.02 Å². The highest BCUT2D eigenvalue weighted by molar-refractivity contribution is 6.32. The lowest BCUT2D eigenvalue weighted by Crippen LogP contribution is -2.27. The summed E-state index contributed by atoms with van der Waals surface area (Å²) >= 11 is 5.99. The van der Waals surface area contributed by atoms with Crippen molar-refractivity contribution in [3.63, 3.8) is 0 Å². The summed E-state index contributed by atoms with van der Waals surface area (Å²) < 4.78 is 5.34. The van der Waals surface area contributed by atoms with Crippen molar-refractivity contribution in [3.05, 3.63) is 59.1 Å². The molecule has 0 unspecified atom stereocenters. The molecule has 1 aliphatic rings. The lowest BCUT2D eigenvalue weighted by molar-refractivity contribution is -0.139. The van der Waals surface area contributed by atoms with Crippen molar-refractivity contribution in [1.82, 2.24) is 0 Å². The summed E-state index contributed by atoms with van der Waals surface area (Å²) in [6.45, 7) is 2.27. The van der Waals surface area contributed by atoms with E-state index in [9.17, 15) is 9.59 Å². The van der Waals surface area contributed by atoms with Gasteiger partial charge in [0.2, 0.25) is 5.91 Å². The summed E-state index contributed by atoms with van der Waals surface area (Å²) in [4.78, 5) is 26.2. The summed E-state index contributed by atoms with van der Waals surface area (Å²) in [7, 11) is 0. The zero-order valence-electron chi connectivity index (χ0n) is 12.7. The normalized spacial score (nSPS) is 17.4. The molecular formula is C18H16ClNO3. The molecule has 118 valence electrons. The van der Waals surface area contributed by atoms with Crippen LogP contribution in [-0.2, 0) is 9.59 Å². The van der Waals surface area contributed by atoms with E-state index in [1.54, 1.807) is 29.2 Å². The number of anilines is 1. The maximum atomic E-state index is 12.3. The van der Waals surface area contributed by atoms with Gasteiger partial charge in [-0.2, -0.15) is 0 Å². The van der Waals surface area contributed by atoms with Gasteiger partial charge in [0.15, 0.2) is 0 Å². The number of nitrogens with zero attached hydrogens (tertiary/aromatic N) is 1. The third kappa shape index (κ3) is 3.22. The lowest BCUT2D eigenvalue weighted by atomic mass is 10.1. The molecule has 1 aliphatic heterocycles. The Bertz CT molecular complexity index is 759. The molecule has 1 saturated heterocycles. The highest BCUT2D eigenvalue weighted by atomic mass is 35.5. The number of amides is 1. The zero-order valence-corrected chi connectivity index (χ0v) is 13.4. The Morgan fingerprint density at radius 2 is 1.87 bits per heavy atom. The molecule has 5 heteroatoms. The fourth-order valence-electron chi connectivity index (χ4n) is 2.68. The van der Waals surface area contributed by atoms with Gasteiger partial charge in [0.1, 0.15) is 5.75 Å². The molecule has 1 fully saturated rings. The molecule has 1 atom stereocenters. The van der Waals surface area contributed by atoms with Crippen LogP contribution >= 0.6 is 11.6 Å². The van der Waals surface area contributed by atoms with Gasteiger partial charge in [0, 0.05) is 18.7 Å². The van der Waals surface area contributed by atoms with E-state index in [1.165, 1.54) is 0 Å². The number of hydrogen-bond donors (Lipinski definition) is 0. The van der Waals surface area contributed by atoms with E-state index in [2.05, 4.69) is 0 Å². The van der Waals surface area contributed by atoms with Gasteiger partial charge in [-0.25, -0.2) is 0 Å². The van der Waals surface area contributed by atoms with Gasteiger partial charge in [-0.05, 0) is 30.7 Å². The predicted octanol–water partition coefficient (Wildman–Crippen LogP) is 3.61. The molecule has 0 N–H and O–H groups in total. The fourth-order valence-corrected chi connectivity index (χ4v) is 2.86. The summed E-state index contributed by atoms with van der Waals surface area (Å²) in [5, 5.41) is 0.376. The van der Waals surface area contributed by atoms with E-state index >= 15 is 0 Å². The molecule has 4 nitrogen and oxygen atoms in total. The zero-order chi connectivity index (χ0) is 16.4. The van der Waals surface area contributed by atoms with Gasteiger partial charge in [0.05, 0.1) is 10.9 Å². The highest BCUT2D eigenvalue weighted by Crippen LogP contribution is 2.30. The quantitative estimate of drug-likeness (QED) is 0.638. The van der Waals surface area contributed by atoms with Crippen LogP contribution in [0, 0.1) is 12.8 Å². The summed E-state index contributed by atoms with van der Waals surface area (Å²) in [5.74, 6) is -0.665. The second-order valence-corrected chi connectivity index (χ2v) is 5.95. The first-order valence-corrected chi connectivity index (χ1v) is 7.76. The van der Waals surface area contributed by atoms with E-state index < -0.39 is 11.9 Å². The Labute approximate surface area is 139 Å². The number of hydrogen-bond acceptors (Lipinski definition) is 3. The van der Waals surface area contributed by atoms with Crippen molar-refractivity contribution in [3.8, 4) is 5.75 Å². The van der Waals surface area contributed by atoms with E-state index in [4.69, 9.17) is 16.3 Å². The number of ether oxygens (including phenoxy) is 1. The van der Waals surface area contributed by atoms with Crippen molar-refractivity contribution < 1.29 is 14.3 Å². The van der Waals surface area contributed by atoms with Crippen molar-refractivity contribution >= 4 is 29.2 Å². The van der Waals surface area contributed by atoms with Crippen molar-refractivity contribution in [2.75, 3.05) is 11.4 Å². The Morgan fingerprint density at radius 1 is 1.17 bits per heavy atom. The lowest BCUT2D eigenvalue weighted by Gasteiger charge is -2.18. The standard InChI is InChI=1S/C18H16ClNO3/c1-12-6-2-4-8-15(12)20-11-13(10-17(20)21)18(22)23-16-9-5-3-7-14(16)19/h2-9,13H,10-11H2,1H3/t13-/m1/s1. The predicted molar refractivity (Wildman–Crippen MR) is 88.7 cm³/mol. The number of benzene rings is 2. The number of para-hydroxylation sites is 2. The second-order valence-electron chi connectivity index (χ2n) is 5.54. The van der Waals surface area contributed by atoms with Crippen LogP contribution in [0.5, 0.6) is 5.75 Å². The van der Waals surface area contributed by atoms with E-state index in [0.29, 0.717) is 17.3 Å². The van der Waals surface area contributed by atoms with Crippen molar-refractivity contribution in [2.24, 2.45) is 5.92 Å². The van der Waals surface area contributed by atoms with Gasteiger partial charge in [-0.15, -0.1) is 0 Å². The summed E-state index contributed by atoms with van der Waals surface area (Å²) in [6, 6.07) is 14.4. The van der Waals surface area contributed by atoms with Crippen LogP contribution in [0.4, 0.5) is 5.69 Å². The SMILES string of the molecule is Cc1ccccc1N1C[C@H](C(=O)Oc2ccccc2Cl)CC1=O. The van der Waals surface area contributed by atoms with E-state index in [1.807, 2.05) is 31.2 Å². The minimum absolute atomic E-state index is 0.0691. The number of esters is 1. The second kappa shape index (κ2) is 6.42. The molecule has 1 amide bonds. The molecule has 0 bridgehead atoms. The van der Waals surface area contributed by atoms with Gasteiger partial charge in [-0.3, -0.25) is 9.59 Å². The minimum atomic E-state index is -0.488. The van der Waals surface area contributed by atoms with Gasteiger partial charge in [0.25, 0.3) is 0 Å². The molecule has 2 aromatic rings. The molecule has 1 heterocycles. The Kier molecular flexibility index (Phi) is 4.35. The van der Waals surface area contributed by atoms with Crippen molar-refractivity contribution in [1.29, 1.82) is 0 Å². The number of halogens is 1. The number of carbonyl (C=O) groups is 2. The molecule has 0 aliphatic carbocycles. The number of rotatable bonds is 3. The van der Waals surface area contributed by atoms with Gasteiger partial charge >= 0.3 is 5.97 Å². The molecule has 23 heavy (non-hydrogen) atoms. The van der Waals surface area contributed by atoms with Crippen LogP contribution < -0.4 is 9.64 Å². The van der Waals surface area contributed by atoms with Gasteiger partial charge < -0.3 is 9.64 Å². The van der Waals surface area contributed by atoms with Crippen LogP contribution in [0.25, 0.3) is 0 Å². The Morgan fingerprint density at radius 3 is 2.61 bits per heavy atom. The van der Waals surface area contributed by atoms with Crippen LogP contribution in [0.15, 0.2) is 48.5 Å². The summed E-state index contributed by atoms with van der Waals surface area (Å²) in [6.07, 6.45) is 0.150. The van der Waals surface area contributed by atoms with Gasteiger partial charge in [-0.1, -0.05) is 41.9 Å². The smallest absolute Gasteiger partial charge is 0.316 e. The molecule has 0 aromatic heterocycles. The molecule has 0 spiro atoms. The largest absolute Gasteiger partial charge is 0.425 e. The maximum absolute atomic E-state index is 12.3. The van der Waals surface area contributed by atoms with Crippen LogP contribution in [0.3, 0.4) is 0 Å². The third-order valence-corrected chi connectivity index (χ3v) is 4.22. The molecule has 3 rings (SSSR count). The highest BCUT2D eigenvalue weighted by Gasteiger charge is 2.37. The maximum Gasteiger partial charge on any atom is 0.316 e. The van der Waals surface area contributed by atoms with Crippen molar-refractivity contribution in [2.45, 2.75) is 13.3 Å². The Balaban J connectivity index is 1.74. The first-order chi connectivity index (χ1) is 11.1. The first kappa shape index (κ1) is 15.6. The average molecular weight is 330 g/mol. The Hall–Kier alpha value is -2.33. The molecular weight excluding hydrogens is 314 g/mol. The van der Waals surface area contributed by atoms with E-state index in [0.717, 1.165) is 11.3 Å². The fraction of sp³-hybridized carbons (Fsp3) is 0.222.